The van der Waals surface area contributed by atoms with E-state index in [9.17, 15) is 0 Å². The van der Waals surface area contributed by atoms with Gasteiger partial charge in [-0.25, -0.2) is 4.99 Å². The molecule has 0 unspecified atom stereocenters. The fourth-order valence-electron chi connectivity index (χ4n) is 2.98. The van der Waals surface area contributed by atoms with Gasteiger partial charge in [-0.2, -0.15) is 0 Å². The number of nitrogens with one attached hydrogen (secondary N) is 1. The van der Waals surface area contributed by atoms with Gasteiger partial charge in [-0.05, 0) is 17.7 Å². The molecule has 1 aliphatic heterocycles. The lowest BCUT2D eigenvalue weighted by molar-refractivity contribution is 0.129. The number of hydrogen-bond donors (Lipinski definition) is 2. The van der Waals surface area contributed by atoms with E-state index in [-0.39, 0.29) is 17.0 Å². The van der Waals surface area contributed by atoms with Gasteiger partial charge >= 0.3 is 0 Å². The summed E-state index contributed by atoms with van der Waals surface area (Å²) >= 11 is 0. The minimum atomic E-state index is 0. The number of benzene rings is 1. The lowest BCUT2D eigenvalue weighted by Crippen LogP contribution is -2.48. The Morgan fingerprint density at radius 3 is 2.46 bits per heavy atom. The first kappa shape index (κ1) is 20.5. The lowest BCUT2D eigenvalue weighted by atomic mass is 10.2. The highest BCUT2D eigenvalue weighted by molar-refractivity contribution is 8.93. The Morgan fingerprint density at radius 1 is 1.04 bits per heavy atom. The topological polar surface area (TPSA) is 70.0 Å². The highest BCUT2D eigenvalue weighted by Gasteiger charge is 2.16. The van der Waals surface area contributed by atoms with E-state index in [2.05, 4.69) is 50.4 Å². The van der Waals surface area contributed by atoms with E-state index in [1.165, 1.54) is 5.56 Å². The van der Waals surface area contributed by atoms with Crippen molar-refractivity contribution in [1.82, 2.24) is 15.1 Å². The van der Waals surface area contributed by atoms with Crippen LogP contribution in [0.25, 0.3) is 0 Å². The van der Waals surface area contributed by atoms with Gasteiger partial charge in [0.25, 0.3) is 0 Å². The number of guanidine groups is 1. The van der Waals surface area contributed by atoms with E-state index in [0.29, 0.717) is 12.5 Å². The van der Waals surface area contributed by atoms with Crippen molar-refractivity contribution in [3.8, 4) is 0 Å². The van der Waals surface area contributed by atoms with Gasteiger partial charge in [-0.3, -0.25) is 9.80 Å². The highest BCUT2D eigenvalue weighted by Crippen LogP contribution is 2.08. The summed E-state index contributed by atoms with van der Waals surface area (Å²) in [6, 6.07) is 14.4. The number of rotatable bonds is 7. The highest BCUT2D eigenvalue weighted by atomic mass is 79.9. The predicted octanol–water partition coefficient (Wildman–Crippen LogP) is 2.08. The van der Waals surface area contributed by atoms with E-state index in [4.69, 9.17) is 10.2 Å². The van der Waals surface area contributed by atoms with E-state index < -0.39 is 0 Å². The number of nitrogens with two attached hydrogens (primary N) is 1. The molecule has 1 saturated heterocycles. The summed E-state index contributed by atoms with van der Waals surface area (Å²) in [7, 11) is 0. The van der Waals surface area contributed by atoms with Crippen molar-refractivity contribution in [2.75, 3.05) is 39.3 Å². The Balaban J connectivity index is 0.00000243. The summed E-state index contributed by atoms with van der Waals surface area (Å²) in [4.78, 5) is 9.25. The molecular weight excluding hydrogens is 394 g/mol. The standard InChI is InChI=1S/C19H27N5O.BrH/c20-19(22-15-18-7-4-14-25-18)21-8-9-23-10-12-24(13-11-23)16-17-5-2-1-3-6-17;/h1-7,14H,8-13,15-16H2,(H3,20,21,22);1H. The zero-order valence-electron chi connectivity index (χ0n) is 15.0. The molecule has 26 heavy (non-hydrogen) atoms. The van der Waals surface area contributed by atoms with Crippen molar-refractivity contribution in [3.63, 3.8) is 0 Å². The Hall–Kier alpha value is -1.83. The molecule has 0 spiro atoms. The Bertz CT molecular complexity index is 639. The van der Waals surface area contributed by atoms with Gasteiger partial charge in [0, 0.05) is 45.8 Å². The SMILES string of the molecule is Br.NC(=NCc1ccco1)NCCN1CCN(Cc2ccccc2)CC1. The van der Waals surface area contributed by atoms with E-state index in [1.807, 2.05) is 12.1 Å². The number of furan rings is 1. The molecule has 0 bridgehead atoms. The van der Waals surface area contributed by atoms with E-state index in [1.54, 1.807) is 6.26 Å². The number of halogens is 1. The molecule has 0 atom stereocenters. The number of nitrogens with zero attached hydrogens (tertiary/aromatic N) is 3. The van der Waals surface area contributed by atoms with E-state index in [0.717, 1.165) is 51.6 Å². The molecule has 0 aliphatic carbocycles. The molecule has 2 heterocycles. The van der Waals surface area contributed by atoms with Crippen LogP contribution in [0.3, 0.4) is 0 Å². The van der Waals surface area contributed by atoms with Crippen LogP contribution in [0.4, 0.5) is 0 Å². The number of hydrogen-bond acceptors (Lipinski definition) is 4. The second-order valence-electron chi connectivity index (χ2n) is 6.31. The Kier molecular flexibility index (Phi) is 8.67. The summed E-state index contributed by atoms with van der Waals surface area (Å²) < 4.78 is 5.23. The molecule has 6 nitrogen and oxygen atoms in total. The maximum Gasteiger partial charge on any atom is 0.189 e. The fraction of sp³-hybridized carbons (Fsp3) is 0.421. The molecule has 3 rings (SSSR count). The number of piperazine rings is 1. The second-order valence-corrected chi connectivity index (χ2v) is 6.31. The van der Waals surface area contributed by atoms with Crippen LogP contribution in [0.5, 0.6) is 0 Å². The Morgan fingerprint density at radius 2 is 1.77 bits per heavy atom. The third-order valence-corrected chi connectivity index (χ3v) is 4.43. The summed E-state index contributed by atoms with van der Waals surface area (Å²) in [6.45, 7) is 7.72. The molecule has 1 aliphatic rings. The molecule has 0 saturated carbocycles. The van der Waals surface area contributed by atoms with Crippen molar-refractivity contribution < 1.29 is 4.42 Å². The first-order chi connectivity index (χ1) is 12.3. The summed E-state index contributed by atoms with van der Waals surface area (Å²) in [5, 5.41) is 3.17. The van der Waals surface area contributed by atoms with E-state index >= 15 is 0 Å². The van der Waals surface area contributed by atoms with Crippen LogP contribution >= 0.6 is 17.0 Å². The first-order valence-corrected chi connectivity index (χ1v) is 8.84. The smallest absolute Gasteiger partial charge is 0.189 e. The molecule has 3 N–H and O–H groups in total. The van der Waals surface area contributed by atoms with Crippen LogP contribution in [0.1, 0.15) is 11.3 Å². The maximum absolute atomic E-state index is 5.88. The van der Waals surface area contributed by atoms with Gasteiger partial charge in [0.15, 0.2) is 5.96 Å². The van der Waals surface area contributed by atoms with Crippen LogP contribution in [-0.4, -0.2) is 55.0 Å². The maximum atomic E-state index is 5.88. The molecule has 1 fully saturated rings. The predicted molar refractivity (Wildman–Crippen MR) is 111 cm³/mol. The van der Waals surface area contributed by atoms with Crippen LogP contribution in [0, 0.1) is 0 Å². The van der Waals surface area contributed by atoms with Gasteiger partial charge in [0.05, 0.1) is 6.26 Å². The van der Waals surface area contributed by atoms with Gasteiger partial charge in [0.1, 0.15) is 12.3 Å². The zero-order valence-corrected chi connectivity index (χ0v) is 16.7. The number of aliphatic imine (C=N–C) groups is 1. The largest absolute Gasteiger partial charge is 0.467 e. The molecule has 2 aromatic rings. The molecule has 7 heteroatoms. The zero-order chi connectivity index (χ0) is 17.3. The van der Waals surface area contributed by atoms with Crippen molar-refractivity contribution in [3.05, 3.63) is 60.1 Å². The van der Waals surface area contributed by atoms with Crippen LogP contribution < -0.4 is 11.1 Å². The molecule has 0 amide bonds. The van der Waals surface area contributed by atoms with Crippen LogP contribution in [-0.2, 0) is 13.1 Å². The van der Waals surface area contributed by atoms with Gasteiger partial charge in [-0.1, -0.05) is 30.3 Å². The second kappa shape index (κ2) is 11.0. The monoisotopic (exact) mass is 421 g/mol. The third kappa shape index (κ3) is 6.82. The summed E-state index contributed by atoms with van der Waals surface area (Å²) in [5.41, 5.74) is 7.27. The minimum Gasteiger partial charge on any atom is -0.467 e. The molecular formula is C19H28BrN5O. The van der Waals surface area contributed by atoms with Crippen molar-refractivity contribution in [2.24, 2.45) is 10.7 Å². The van der Waals surface area contributed by atoms with Gasteiger partial charge in [-0.15, -0.1) is 17.0 Å². The molecule has 0 radical (unpaired) electrons. The molecule has 1 aromatic carbocycles. The quantitative estimate of drug-likeness (QED) is 0.528. The van der Waals surface area contributed by atoms with Crippen LogP contribution in [0.2, 0.25) is 0 Å². The van der Waals surface area contributed by atoms with Crippen LogP contribution in [0.15, 0.2) is 58.1 Å². The van der Waals surface area contributed by atoms with Gasteiger partial charge < -0.3 is 15.5 Å². The average Bonchev–Trinajstić information content (AvgIpc) is 3.16. The minimum absolute atomic E-state index is 0. The lowest BCUT2D eigenvalue weighted by Gasteiger charge is -2.34. The molecule has 1 aromatic heterocycles. The van der Waals surface area contributed by atoms with Crippen molar-refractivity contribution >= 4 is 22.9 Å². The summed E-state index contributed by atoms with van der Waals surface area (Å²) in [5.74, 6) is 1.29. The van der Waals surface area contributed by atoms with Crippen molar-refractivity contribution in [1.29, 1.82) is 0 Å². The molecule has 142 valence electrons. The average molecular weight is 422 g/mol. The third-order valence-electron chi connectivity index (χ3n) is 4.43. The first-order valence-electron chi connectivity index (χ1n) is 8.84. The Labute approximate surface area is 165 Å². The summed E-state index contributed by atoms with van der Waals surface area (Å²) in [6.07, 6.45) is 1.64. The fourth-order valence-corrected chi connectivity index (χ4v) is 2.98. The van der Waals surface area contributed by atoms with Gasteiger partial charge in [0.2, 0.25) is 0 Å². The van der Waals surface area contributed by atoms with Crippen molar-refractivity contribution in [2.45, 2.75) is 13.1 Å². The normalized spacial score (nSPS) is 16.2.